The van der Waals surface area contributed by atoms with Gasteiger partial charge >= 0.3 is 0 Å². The molecule has 1 heterocycles. The lowest BCUT2D eigenvalue weighted by atomic mass is 10.1. The Bertz CT molecular complexity index is 539. The Hall–Kier alpha value is -0.850. The molecule has 0 saturated carbocycles. The second kappa shape index (κ2) is 5.86. The third kappa shape index (κ3) is 3.34. The van der Waals surface area contributed by atoms with Crippen LogP contribution in [0.15, 0.2) is 39.1 Å². The number of rotatable bonds is 4. The Morgan fingerprint density at radius 3 is 2.89 bits per heavy atom. The molecule has 2 N–H and O–H groups in total. The second-order valence-corrected chi connectivity index (χ2v) is 6.18. The van der Waals surface area contributed by atoms with Gasteiger partial charge in [-0.05, 0) is 48.9 Å². The highest BCUT2D eigenvalue weighted by atomic mass is 79.9. The lowest BCUT2D eigenvalue weighted by molar-refractivity contribution is 0.728. The van der Waals surface area contributed by atoms with Gasteiger partial charge in [0, 0.05) is 22.5 Å². The summed E-state index contributed by atoms with van der Waals surface area (Å²) >= 11 is 5.11. The standard InChI is InChI=1S/C12H15BrN4S/c1-8(14)5-9-6-10(13)3-4-11(9)18-12-16-15-7-17(12)2/h3-4,6-8H,5,14H2,1-2H3. The summed E-state index contributed by atoms with van der Waals surface area (Å²) in [5.74, 6) is 0. The number of aromatic nitrogens is 3. The van der Waals surface area contributed by atoms with Gasteiger partial charge in [0.2, 0.25) is 0 Å². The molecule has 4 nitrogen and oxygen atoms in total. The minimum atomic E-state index is 0.137. The number of hydrogen-bond acceptors (Lipinski definition) is 4. The van der Waals surface area contributed by atoms with E-state index >= 15 is 0 Å². The number of aryl methyl sites for hydroxylation is 1. The van der Waals surface area contributed by atoms with E-state index in [1.165, 1.54) is 10.5 Å². The number of nitrogens with two attached hydrogens (primary N) is 1. The van der Waals surface area contributed by atoms with Crippen LogP contribution in [0.3, 0.4) is 0 Å². The van der Waals surface area contributed by atoms with Crippen molar-refractivity contribution < 1.29 is 0 Å². The molecule has 1 aromatic heterocycles. The molecule has 2 aromatic rings. The van der Waals surface area contributed by atoms with Crippen LogP contribution in [-0.2, 0) is 13.5 Å². The zero-order chi connectivity index (χ0) is 13.1. The van der Waals surface area contributed by atoms with Crippen LogP contribution in [-0.4, -0.2) is 20.8 Å². The number of hydrogen-bond donors (Lipinski definition) is 1. The van der Waals surface area contributed by atoms with Crippen molar-refractivity contribution in [3.8, 4) is 0 Å². The summed E-state index contributed by atoms with van der Waals surface area (Å²) in [6, 6.07) is 6.37. The third-order valence-corrected chi connectivity index (χ3v) is 4.10. The quantitative estimate of drug-likeness (QED) is 0.938. The van der Waals surface area contributed by atoms with Crippen LogP contribution in [0.4, 0.5) is 0 Å². The van der Waals surface area contributed by atoms with Crippen LogP contribution in [0, 0.1) is 0 Å². The maximum absolute atomic E-state index is 5.89. The Morgan fingerprint density at radius 2 is 2.28 bits per heavy atom. The van der Waals surface area contributed by atoms with Gasteiger partial charge in [0.25, 0.3) is 0 Å². The Morgan fingerprint density at radius 1 is 1.50 bits per heavy atom. The Balaban J connectivity index is 2.29. The zero-order valence-corrected chi connectivity index (χ0v) is 12.7. The van der Waals surface area contributed by atoms with Gasteiger partial charge in [-0.3, -0.25) is 0 Å². The fourth-order valence-corrected chi connectivity index (χ4v) is 2.91. The largest absolute Gasteiger partial charge is 0.328 e. The highest BCUT2D eigenvalue weighted by molar-refractivity contribution is 9.10. The number of nitrogens with zero attached hydrogens (tertiary/aromatic N) is 3. The average Bonchev–Trinajstić information content (AvgIpc) is 2.67. The molecule has 0 fully saturated rings. The fourth-order valence-electron chi connectivity index (χ4n) is 1.62. The van der Waals surface area contributed by atoms with Crippen molar-refractivity contribution in [2.24, 2.45) is 12.8 Å². The first-order valence-electron chi connectivity index (χ1n) is 5.62. The summed E-state index contributed by atoms with van der Waals surface area (Å²) < 4.78 is 2.97. The predicted molar refractivity (Wildman–Crippen MR) is 76.6 cm³/mol. The van der Waals surface area contributed by atoms with Crippen LogP contribution < -0.4 is 5.73 Å². The molecule has 0 saturated heterocycles. The van der Waals surface area contributed by atoms with E-state index < -0.39 is 0 Å². The number of benzene rings is 1. The van der Waals surface area contributed by atoms with E-state index in [0.717, 1.165) is 16.0 Å². The maximum Gasteiger partial charge on any atom is 0.195 e. The Labute approximate surface area is 119 Å². The molecule has 0 aliphatic rings. The first kappa shape index (κ1) is 13.6. The molecule has 0 amide bonds. The average molecular weight is 327 g/mol. The zero-order valence-electron chi connectivity index (χ0n) is 10.3. The monoisotopic (exact) mass is 326 g/mol. The van der Waals surface area contributed by atoms with E-state index in [1.54, 1.807) is 18.1 Å². The fraction of sp³-hybridized carbons (Fsp3) is 0.333. The van der Waals surface area contributed by atoms with Crippen molar-refractivity contribution in [1.29, 1.82) is 0 Å². The van der Waals surface area contributed by atoms with Crippen molar-refractivity contribution in [2.75, 3.05) is 0 Å². The summed E-state index contributed by atoms with van der Waals surface area (Å²) in [7, 11) is 1.94. The first-order valence-corrected chi connectivity index (χ1v) is 7.23. The summed E-state index contributed by atoms with van der Waals surface area (Å²) in [6.45, 7) is 2.01. The van der Waals surface area contributed by atoms with Crippen LogP contribution in [0.1, 0.15) is 12.5 Å². The summed E-state index contributed by atoms with van der Waals surface area (Å²) in [6.07, 6.45) is 2.55. The molecule has 0 aliphatic heterocycles. The van der Waals surface area contributed by atoms with E-state index in [1.807, 2.05) is 24.6 Å². The van der Waals surface area contributed by atoms with E-state index in [2.05, 4.69) is 38.3 Å². The molecule has 1 aromatic carbocycles. The minimum absolute atomic E-state index is 0.137. The second-order valence-electron chi connectivity index (χ2n) is 4.26. The summed E-state index contributed by atoms with van der Waals surface area (Å²) in [4.78, 5) is 1.17. The predicted octanol–water partition coefficient (Wildman–Crippen LogP) is 2.62. The third-order valence-electron chi connectivity index (χ3n) is 2.44. The SMILES string of the molecule is CC(N)Cc1cc(Br)ccc1Sc1nncn1C. The van der Waals surface area contributed by atoms with Gasteiger partial charge < -0.3 is 10.3 Å². The minimum Gasteiger partial charge on any atom is -0.328 e. The van der Waals surface area contributed by atoms with Crippen molar-refractivity contribution >= 4 is 27.7 Å². The van der Waals surface area contributed by atoms with E-state index in [0.29, 0.717) is 0 Å². The van der Waals surface area contributed by atoms with Gasteiger partial charge in [-0.1, -0.05) is 15.9 Å². The molecular weight excluding hydrogens is 312 g/mol. The smallest absolute Gasteiger partial charge is 0.195 e. The highest BCUT2D eigenvalue weighted by Crippen LogP contribution is 2.31. The van der Waals surface area contributed by atoms with Gasteiger partial charge in [0.1, 0.15) is 6.33 Å². The summed E-state index contributed by atoms with van der Waals surface area (Å²) in [5.41, 5.74) is 7.12. The first-order chi connectivity index (χ1) is 8.56. The molecule has 6 heteroatoms. The molecular formula is C12H15BrN4S. The van der Waals surface area contributed by atoms with E-state index in [4.69, 9.17) is 5.73 Å². The number of halogens is 1. The summed E-state index contributed by atoms with van der Waals surface area (Å²) in [5, 5.41) is 8.85. The molecule has 0 spiro atoms. The molecule has 1 atom stereocenters. The molecule has 1 unspecified atom stereocenters. The normalized spacial score (nSPS) is 12.7. The molecule has 0 bridgehead atoms. The van der Waals surface area contributed by atoms with Crippen LogP contribution >= 0.6 is 27.7 Å². The lowest BCUT2D eigenvalue weighted by Crippen LogP contribution is -2.18. The van der Waals surface area contributed by atoms with Gasteiger partial charge in [-0.25, -0.2) is 0 Å². The van der Waals surface area contributed by atoms with Gasteiger partial charge in [0.15, 0.2) is 5.16 Å². The van der Waals surface area contributed by atoms with Gasteiger partial charge in [-0.2, -0.15) is 0 Å². The van der Waals surface area contributed by atoms with Crippen LogP contribution in [0.2, 0.25) is 0 Å². The molecule has 0 radical (unpaired) electrons. The highest BCUT2D eigenvalue weighted by Gasteiger charge is 2.10. The molecule has 0 aliphatic carbocycles. The Kier molecular flexibility index (Phi) is 4.42. The molecule has 18 heavy (non-hydrogen) atoms. The van der Waals surface area contributed by atoms with Crippen LogP contribution in [0.25, 0.3) is 0 Å². The van der Waals surface area contributed by atoms with E-state index in [9.17, 15) is 0 Å². The van der Waals surface area contributed by atoms with Crippen molar-refractivity contribution in [3.05, 3.63) is 34.6 Å². The van der Waals surface area contributed by atoms with Gasteiger partial charge in [0.05, 0.1) is 0 Å². The van der Waals surface area contributed by atoms with Crippen molar-refractivity contribution in [3.63, 3.8) is 0 Å². The molecule has 96 valence electrons. The van der Waals surface area contributed by atoms with Crippen LogP contribution in [0.5, 0.6) is 0 Å². The van der Waals surface area contributed by atoms with Crippen molar-refractivity contribution in [1.82, 2.24) is 14.8 Å². The lowest BCUT2D eigenvalue weighted by Gasteiger charge is -2.11. The molecule has 2 rings (SSSR count). The van der Waals surface area contributed by atoms with E-state index in [-0.39, 0.29) is 6.04 Å². The van der Waals surface area contributed by atoms with Gasteiger partial charge in [-0.15, -0.1) is 10.2 Å². The topological polar surface area (TPSA) is 56.7 Å². The van der Waals surface area contributed by atoms with Crippen molar-refractivity contribution in [2.45, 2.75) is 29.4 Å². The maximum atomic E-state index is 5.89.